The number of amides is 2. The number of benzene rings is 1. The number of carbonyl (C=O) groups is 2. The molecule has 5 heteroatoms. The lowest BCUT2D eigenvalue weighted by Crippen LogP contribution is -2.57. The highest BCUT2D eigenvalue weighted by Crippen LogP contribution is 2.20. The van der Waals surface area contributed by atoms with Crippen molar-refractivity contribution in [2.75, 3.05) is 13.6 Å². The lowest BCUT2D eigenvalue weighted by molar-refractivity contribution is -0.142. The number of piperazine rings is 1. The minimum atomic E-state index is -0.467. The van der Waals surface area contributed by atoms with Crippen molar-refractivity contribution in [3.8, 4) is 0 Å². The Morgan fingerprint density at radius 1 is 1.32 bits per heavy atom. The molecule has 1 aromatic carbocycles. The molecule has 5 nitrogen and oxygen atoms in total. The number of fused-ring (bicyclic) bond motifs is 1. The molecule has 0 unspecified atom stereocenters. The van der Waals surface area contributed by atoms with Gasteiger partial charge < -0.3 is 15.2 Å². The minimum Gasteiger partial charge on any atom is -0.361 e. The third-order valence-corrected chi connectivity index (χ3v) is 3.49. The summed E-state index contributed by atoms with van der Waals surface area (Å²) in [5.41, 5.74) is 2.09. The van der Waals surface area contributed by atoms with E-state index >= 15 is 0 Å². The Labute approximate surface area is 110 Å². The molecule has 1 fully saturated rings. The summed E-state index contributed by atoms with van der Waals surface area (Å²) in [4.78, 5) is 28.2. The minimum absolute atomic E-state index is 0.0371. The Morgan fingerprint density at radius 2 is 2.11 bits per heavy atom. The smallest absolute Gasteiger partial charge is 0.245 e. The number of nitrogens with zero attached hydrogens (tertiary/aromatic N) is 1. The normalized spacial score (nSPS) is 19.8. The van der Waals surface area contributed by atoms with Gasteiger partial charge in [0.25, 0.3) is 0 Å². The van der Waals surface area contributed by atoms with E-state index in [1.54, 1.807) is 7.05 Å². The van der Waals surface area contributed by atoms with Gasteiger partial charge in [-0.15, -0.1) is 0 Å². The van der Waals surface area contributed by atoms with Crippen LogP contribution >= 0.6 is 0 Å². The van der Waals surface area contributed by atoms with Gasteiger partial charge in [0.2, 0.25) is 11.8 Å². The molecule has 1 aliphatic rings. The average molecular weight is 257 g/mol. The Bertz CT molecular complexity index is 647. The Morgan fingerprint density at radius 3 is 2.95 bits per heavy atom. The van der Waals surface area contributed by atoms with E-state index in [2.05, 4.69) is 10.3 Å². The van der Waals surface area contributed by atoms with Crippen LogP contribution in [0.2, 0.25) is 0 Å². The molecule has 0 spiro atoms. The maximum Gasteiger partial charge on any atom is 0.245 e. The van der Waals surface area contributed by atoms with Crippen molar-refractivity contribution in [2.45, 2.75) is 12.5 Å². The number of carbonyl (C=O) groups excluding carboxylic acids is 2. The first-order valence-corrected chi connectivity index (χ1v) is 6.24. The first-order valence-electron chi connectivity index (χ1n) is 6.24. The molecule has 1 atom stereocenters. The van der Waals surface area contributed by atoms with Gasteiger partial charge in [-0.1, -0.05) is 18.2 Å². The van der Waals surface area contributed by atoms with Gasteiger partial charge in [0.15, 0.2) is 0 Å². The number of H-pyrrole nitrogens is 1. The second kappa shape index (κ2) is 4.42. The fourth-order valence-corrected chi connectivity index (χ4v) is 2.52. The van der Waals surface area contributed by atoms with E-state index in [-0.39, 0.29) is 18.4 Å². The highest BCUT2D eigenvalue weighted by molar-refractivity contribution is 5.95. The van der Waals surface area contributed by atoms with Crippen LogP contribution in [-0.4, -0.2) is 41.3 Å². The second-order valence-corrected chi connectivity index (χ2v) is 4.88. The zero-order chi connectivity index (χ0) is 13.4. The molecule has 0 radical (unpaired) electrons. The Hall–Kier alpha value is -2.30. The predicted molar refractivity (Wildman–Crippen MR) is 71.6 cm³/mol. The van der Waals surface area contributed by atoms with Crippen molar-refractivity contribution >= 4 is 22.7 Å². The van der Waals surface area contributed by atoms with Gasteiger partial charge in [-0.2, -0.15) is 0 Å². The van der Waals surface area contributed by atoms with Crippen LogP contribution in [0.25, 0.3) is 10.9 Å². The number of hydrogen-bond donors (Lipinski definition) is 2. The van der Waals surface area contributed by atoms with E-state index in [4.69, 9.17) is 0 Å². The molecule has 1 aromatic heterocycles. The summed E-state index contributed by atoms with van der Waals surface area (Å²) in [6, 6.07) is 7.47. The number of nitrogens with one attached hydrogen (secondary N) is 2. The standard InChI is InChI=1S/C14H15N3O2/c1-17-8-13(18)16-12(14(17)19)6-9-7-15-11-5-3-2-4-10(9)11/h2-5,7,12,15H,6,8H2,1H3,(H,16,18)/t12-/m1/s1. The molecule has 2 heterocycles. The molecule has 1 aliphatic heterocycles. The summed E-state index contributed by atoms with van der Waals surface area (Å²) in [6.45, 7) is 0.142. The van der Waals surface area contributed by atoms with E-state index < -0.39 is 6.04 Å². The summed E-state index contributed by atoms with van der Waals surface area (Å²) in [5.74, 6) is -0.142. The van der Waals surface area contributed by atoms with Crippen LogP contribution in [0.3, 0.4) is 0 Å². The maximum absolute atomic E-state index is 12.0. The molecule has 1 saturated heterocycles. The predicted octanol–water partition coefficient (Wildman–Crippen LogP) is 0.667. The SMILES string of the molecule is CN1CC(=O)N[C@H](Cc2c[nH]c3ccccc23)C1=O. The van der Waals surface area contributed by atoms with Crippen molar-refractivity contribution < 1.29 is 9.59 Å². The molecule has 0 saturated carbocycles. The zero-order valence-corrected chi connectivity index (χ0v) is 10.6. The fraction of sp³-hybridized carbons (Fsp3) is 0.286. The molecule has 3 rings (SSSR count). The maximum atomic E-state index is 12.0. The highest BCUT2D eigenvalue weighted by atomic mass is 16.2. The van der Waals surface area contributed by atoms with E-state index in [1.165, 1.54) is 4.90 Å². The quantitative estimate of drug-likeness (QED) is 0.830. The van der Waals surface area contributed by atoms with E-state index in [0.717, 1.165) is 16.5 Å². The first-order chi connectivity index (χ1) is 9.15. The lowest BCUT2D eigenvalue weighted by Gasteiger charge is -2.29. The molecule has 0 aliphatic carbocycles. The van der Waals surface area contributed by atoms with Gasteiger partial charge in [-0.3, -0.25) is 9.59 Å². The molecule has 98 valence electrons. The molecule has 2 N–H and O–H groups in total. The molecular weight excluding hydrogens is 242 g/mol. The van der Waals surface area contributed by atoms with Crippen LogP contribution in [0, 0.1) is 0 Å². The Balaban J connectivity index is 1.88. The van der Waals surface area contributed by atoms with Gasteiger partial charge in [0.05, 0.1) is 6.54 Å². The van der Waals surface area contributed by atoms with Crippen molar-refractivity contribution in [1.82, 2.24) is 15.2 Å². The van der Waals surface area contributed by atoms with Gasteiger partial charge in [0, 0.05) is 30.6 Å². The number of para-hydroxylation sites is 1. The van der Waals surface area contributed by atoms with Crippen molar-refractivity contribution in [3.63, 3.8) is 0 Å². The van der Waals surface area contributed by atoms with Gasteiger partial charge in [0.1, 0.15) is 6.04 Å². The molecule has 19 heavy (non-hydrogen) atoms. The third kappa shape index (κ3) is 2.07. The monoisotopic (exact) mass is 257 g/mol. The number of aromatic amines is 1. The average Bonchev–Trinajstić information content (AvgIpc) is 2.79. The van der Waals surface area contributed by atoms with Crippen LogP contribution in [-0.2, 0) is 16.0 Å². The van der Waals surface area contributed by atoms with Gasteiger partial charge >= 0.3 is 0 Å². The van der Waals surface area contributed by atoms with E-state index in [1.807, 2.05) is 30.5 Å². The van der Waals surface area contributed by atoms with E-state index in [0.29, 0.717) is 6.42 Å². The number of rotatable bonds is 2. The van der Waals surface area contributed by atoms with Crippen molar-refractivity contribution in [2.24, 2.45) is 0 Å². The zero-order valence-electron chi connectivity index (χ0n) is 10.6. The number of hydrogen-bond acceptors (Lipinski definition) is 2. The molecular formula is C14H15N3O2. The van der Waals surface area contributed by atoms with Gasteiger partial charge in [-0.25, -0.2) is 0 Å². The summed E-state index contributed by atoms with van der Waals surface area (Å²) in [5, 5.41) is 3.85. The summed E-state index contributed by atoms with van der Waals surface area (Å²) >= 11 is 0. The molecule has 2 aromatic rings. The van der Waals surface area contributed by atoms with E-state index in [9.17, 15) is 9.59 Å². The molecule has 2 amide bonds. The fourth-order valence-electron chi connectivity index (χ4n) is 2.52. The van der Waals surface area contributed by atoms with Crippen LogP contribution < -0.4 is 5.32 Å². The lowest BCUT2D eigenvalue weighted by atomic mass is 10.0. The highest BCUT2D eigenvalue weighted by Gasteiger charge is 2.30. The van der Waals surface area contributed by atoms with Crippen LogP contribution in [0.4, 0.5) is 0 Å². The summed E-state index contributed by atoms with van der Waals surface area (Å²) < 4.78 is 0. The second-order valence-electron chi connectivity index (χ2n) is 4.88. The molecule has 0 bridgehead atoms. The number of likely N-dealkylation sites (N-methyl/N-ethyl adjacent to an activating group) is 1. The van der Waals surface area contributed by atoms with Crippen LogP contribution in [0.15, 0.2) is 30.5 Å². The summed E-state index contributed by atoms with van der Waals surface area (Å²) in [6.07, 6.45) is 2.41. The first kappa shape index (κ1) is 11.8. The van der Waals surface area contributed by atoms with Crippen LogP contribution in [0.5, 0.6) is 0 Å². The Kier molecular flexibility index (Phi) is 2.74. The third-order valence-electron chi connectivity index (χ3n) is 3.49. The largest absolute Gasteiger partial charge is 0.361 e. The van der Waals surface area contributed by atoms with Crippen LogP contribution in [0.1, 0.15) is 5.56 Å². The van der Waals surface area contributed by atoms with Gasteiger partial charge in [-0.05, 0) is 11.6 Å². The van der Waals surface area contributed by atoms with Crippen molar-refractivity contribution in [3.05, 3.63) is 36.0 Å². The van der Waals surface area contributed by atoms with Crippen molar-refractivity contribution in [1.29, 1.82) is 0 Å². The summed E-state index contributed by atoms with van der Waals surface area (Å²) in [7, 11) is 1.66. The topological polar surface area (TPSA) is 65.2 Å². The number of aromatic nitrogens is 1.